The molecular weight excluding hydrogens is 258 g/mol. The minimum atomic E-state index is 0.342. The molecule has 4 heteroatoms. The van der Waals surface area contributed by atoms with Gasteiger partial charge in [0, 0.05) is 12.0 Å². The lowest BCUT2D eigenvalue weighted by Crippen LogP contribution is -2.35. The van der Waals surface area contributed by atoms with E-state index in [4.69, 9.17) is 11.6 Å². The van der Waals surface area contributed by atoms with Gasteiger partial charge in [0.25, 0.3) is 0 Å². The summed E-state index contributed by atoms with van der Waals surface area (Å²) in [6.45, 7) is 13.7. The molecule has 0 bridgehead atoms. The largest absolute Gasteiger partial charge is 0.298 e. The molecule has 1 fully saturated rings. The van der Waals surface area contributed by atoms with Gasteiger partial charge in [-0.15, -0.1) is 10.2 Å². The molecule has 0 aliphatic heterocycles. The van der Waals surface area contributed by atoms with Gasteiger partial charge in [-0.3, -0.25) is 4.57 Å². The third-order valence-corrected chi connectivity index (χ3v) is 4.35. The average molecular weight is 284 g/mol. The van der Waals surface area contributed by atoms with Crippen LogP contribution in [0, 0.1) is 10.8 Å². The van der Waals surface area contributed by atoms with Crippen molar-refractivity contribution in [1.82, 2.24) is 14.8 Å². The molecule has 1 heterocycles. The quantitative estimate of drug-likeness (QED) is 0.778. The van der Waals surface area contributed by atoms with Crippen LogP contribution in [0.4, 0.5) is 0 Å². The molecule has 3 nitrogen and oxygen atoms in total. The van der Waals surface area contributed by atoms with Crippen molar-refractivity contribution in [3.63, 3.8) is 0 Å². The first-order valence-corrected chi connectivity index (χ1v) is 7.59. The van der Waals surface area contributed by atoms with Crippen molar-refractivity contribution in [3.05, 3.63) is 11.1 Å². The summed E-state index contributed by atoms with van der Waals surface area (Å²) in [4.78, 5) is 0. The maximum absolute atomic E-state index is 6.30. The van der Waals surface area contributed by atoms with E-state index in [1.807, 2.05) is 0 Å². The molecule has 1 aliphatic rings. The molecule has 0 atom stereocenters. The molecular formula is C15H26ClN3. The molecule has 108 valence electrons. The zero-order chi connectivity index (χ0) is 14.4. The van der Waals surface area contributed by atoms with Gasteiger partial charge >= 0.3 is 0 Å². The van der Waals surface area contributed by atoms with Gasteiger partial charge in [0.2, 0.25) is 5.28 Å². The lowest BCUT2D eigenvalue weighted by atomic mass is 9.63. The number of hydrogen-bond acceptors (Lipinski definition) is 2. The third-order valence-electron chi connectivity index (χ3n) is 4.10. The predicted octanol–water partition coefficient (Wildman–Crippen LogP) is 4.83. The Morgan fingerprint density at radius 3 is 2.11 bits per heavy atom. The van der Waals surface area contributed by atoms with E-state index in [9.17, 15) is 0 Å². The van der Waals surface area contributed by atoms with Crippen LogP contribution in [0.25, 0.3) is 0 Å². The Labute approximate surface area is 121 Å². The highest BCUT2D eigenvalue weighted by molar-refractivity contribution is 6.28. The van der Waals surface area contributed by atoms with Gasteiger partial charge < -0.3 is 0 Å². The van der Waals surface area contributed by atoms with Crippen molar-refractivity contribution in [2.24, 2.45) is 10.8 Å². The fourth-order valence-electron chi connectivity index (χ4n) is 3.99. The summed E-state index contributed by atoms with van der Waals surface area (Å²) in [5.74, 6) is 1.37. The van der Waals surface area contributed by atoms with Crippen LogP contribution in [0.5, 0.6) is 0 Å². The highest BCUT2D eigenvalue weighted by atomic mass is 35.5. The van der Waals surface area contributed by atoms with E-state index in [0.29, 0.717) is 28.1 Å². The van der Waals surface area contributed by atoms with Crippen molar-refractivity contribution in [3.8, 4) is 0 Å². The number of hydrogen-bond donors (Lipinski definition) is 0. The molecule has 1 aromatic rings. The molecule has 1 aliphatic carbocycles. The summed E-state index contributed by atoms with van der Waals surface area (Å²) in [5.41, 5.74) is 0.683. The summed E-state index contributed by atoms with van der Waals surface area (Å²) < 4.78 is 2.18. The van der Waals surface area contributed by atoms with Crippen molar-refractivity contribution in [2.45, 2.75) is 72.8 Å². The van der Waals surface area contributed by atoms with Crippen LogP contribution in [-0.4, -0.2) is 14.8 Å². The second kappa shape index (κ2) is 4.76. The zero-order valence-electron chi connectivity index (χ0n) is 13.0. The van der Waals surface area contributed by atoms with Crippen LogP contribution in [-0.2, 0) is 0 Å². The van der Waals surface area contributed by atoms with E-state index in [1.165, 1.54) is 6.42 Å². The molecule has 19 heavy (non-hydrogen) atoms. The molecule has 0 aromatic carbocycles. The number of aromatic nitrogens is 3. The van der Waals surface area contributed by atoms with E-state index in [1.54, 1.807) is 0 Å². The number of halogens is 1. The Bertz CT molecular complexity index is 444. The maximum Gasteiger partial charge on any atom is 0.225 e. The molecule has 0 saturated heterocycles. The highest BCUT2D eigenvalue weighted by Crippen LogP contribution is 2.50. The first-order valence-electron chi connectivity index (χ1n) is 7.22. The Morgan fingerprint density at radius 1 is 1.11 bits per heavy atom. The van der Waals surface area contributed by atoms with Crippen molar-refractivity contribution in [2.75, 3.05) is 0 Å². The maximum atomic E-state index is 6.30. The molecule has 0 radical (unpaired) electrons. The van der Waals surface area contributed by atoms with Crippen molar-refractivity contribution < 1.29 is 0 Å². The lowest BCUT2D eigenvalue weighted by Gasteiger charge is -2.45. The summed E-state index contributed by atoms with van der Waals surface area (Å²) >= 11 is 6.30. The normalized spacial score (nSPS) is 22.9. The van der Waals surface area contributed by atoms with Crippen LogP contribution < -0.4 is 0 Å². The molecule has 0 spiro atoms. The molecule has 2 rings (SSSR count). The fourth-order valence-corrected chi connectivity index (χ4v) is 4.25. The standard InChI is InChI=1S/C15H26ClN3/c1-10(2)12-17-18-13(16)19(12)11-7-14(3,4)9-15(5,6)8-11/h10-11H,7-9H2,1-6H3. The zero-order valence-corrected chi connectivity index (χ0v) is 13.8. The van der Waals surface area contributed by atoms with Gasteiger partial charge in [-0.1, -0.05) is 41.5 Å². The first kappa shape index (κ1) is 14.8. The first-order chi connectivity index (χ1) is 8.61. The number of rotatable bonds is 2. The van der Waals surface area contributed by atoms with Gasteiger partial charge in [0.15, 0.2) is 0 Å². The predicted molar refractivity (Wildman–Crippen MR) is 79.6 cm³/mol. The topological polar surface area (TPSA) is 30.7 Å². The van der Waals surface area contributed by atoms with E-state index in [0.717, 1.165) is 18.7 Å². The Balaban J connectivity index is 2.38. The third kappa shape index (κ3) is 3.13. The molecule has 1 aromatic heterocycles. The Kier molecular flexibility index (Phi) is 3.72. The van der Waals surface area contributed by atoms with Gasteiger partial charge in [-0.05, 0) is 41.7 Å². The Hall–Kier alpha value is -0.570. The minimum absolute atomic E-state index is 0.342. The van der Waals surface area contributed by atoms with E-state index in [-0.39, 0.29) is 0 Å². The Morgan fingerprint density at radius 2 is 1.63 bits per heavy atom. The highest BCUT2D eigenvalue weighted by Gasteiger charge is 2.40. The molecule has 0 N–H and O–H groups in total. The fraction of sp³-hybridized carbons (Fsp3) is 0.867. The van der Waals surface area contributed by atoms with Crippen LogP contribution in [0.2, 0.25) is 5.28 Å². The van der Waals surface area contributed by atoms with Crippen LogP contribution in [0.1, 0.15) is 78.6 Å². The van der Waals surface area contributed by atoms with Crippen LogP contribution in [0.3, 0.4) is 0 Å². The van der Waals surface area contributed by atoms with Crippen LogP contribution >= 0.6 is 11.6 Å². The van der Waals surface area contributed by atoms with E-state index < -0.39 is 0 Å². The second-order valence-corrected chi connectivity index (χ2v) is 8.26. The summed E-state index contributed by atoms with van der Waals surface area (Å²) in [6.07, 6.45) is 3.55. The lowest BCUT2D eigenvalue weighted by molar-refractivity contribution is 0.0708. The van der Waals surface area contributed by atoms with Gasteiger partial charge in [-0.25, -0.2) is 0 Å². The summed E-state index contributed by atoms with van der Waals surface area (Å²) in [7, 11) is 0. The molecule has 0 amide bonds. The minimum Gasteiger partial charge on any atom is -0.298 e. The monoisotopic (exact) mass is 283 g/mol. The SMILES string of the molecule is CC(C)c1nnc(Cl)n1C1CC(C)(C)CC(C)(C)C1. The van der Waals surface area contributed by atoms with E-state index in [2.05, 4.69) is 56.3 Å². The van der Waals surface area contributed by atoms with Gasteiger partial charge in [0.05, 0.1) is 0 Å². The van der Waals surface area contributed by atoms with Gasteiger partial charge in [-0.2, -0.15) is 0 Å². The average Bonchev–Trinajstić information content (AvgIpc) is 2.55. The van der Waals surface area contributed by atoms with Crippen molar-refractivity contribution >= 4 is 11.6 Å². The van der Waals surface area contributed by atoms with Crippen LogP contribution in [0.15, 0.2) is 0 Å². The smallest absolute Gasteiger partial charge is 0.225 e. The van der Waals surface area contributed by atoms with E-state index >= 15 is 0 Å². The van der Waals surface area contributed by atoms with Gasteiger partial charge in [0.1, 0.15) is 5.82 Å². The number of nitrogens with zero attached hydrogens (tertiary/aromatic N) is 3. The van der Waals surface area contributed by atoms with Crippen molar-refractivity contribution in [1.29, 1.82) is 0 Å². The summed E-state index contributed by atoms with van der Waals surface area (Å²) in [5, 5.41) is 8.90. The summed E-state index contributed by atoms with van der Waals surface area (Å²) in [6, 6.07) is 0.415. The second-order valence-electron chi connectivity index (χ2n) is 7.92. The molecule has 1 saturated carbocycles. The molecule has 0 unspecified atom stereocenters.